The average molecular weight is 313 g/mol. The van der Waals surface area contributed by atoms with Crippen molar-refractivity contribution < 1.29 is 23.0 Å². The number of hydrogen-bond acceptors (Lipinski definition) is 4. The number of thiophene rings is 1. The number of amides is 1. The molecule has 0 aliphatic heterocycles. The lowest BCUT2D eigenvalue weighted by Crippen LogP contribution is -2.22. The van der Waals surface area contributed by atoms with Crippen LogP contribution in [0, 0.1) is 0 Å². The lowest BCUT2D eigenvalue weighted by atomic mass is 10.2. The quantitative estimate of drug-likeness (QED) is 0.890. The highest BCUT2D eigenvalue weighted by Gasteiger charge is 2.11. The van der Waals surface area contributed by atoms with Crippen molar-refractivity contribution in [2.45, 2.75) is 13.2 Å². The molecule has 2 rings (SSSR count). The fourth-order valence-corrected chi connectivity index (χ4v) is 2.33. The topological polar surface area (TPSA) is 47.6 Å². The van der Waals surface area contributed by atoms with Crippen LogP contribution in [0.5, 0.6) is 11.5 Å². The Kier molecular flexibility index (Phi) is 5.10. The second kappa shape index (κ2) is 7.03. The fourth-order valence-electron chi connectivity index (χ4n) is 1.69. The van der Waals surface area contributed by atoms with Crippen LogP contribution in [0.2, 0.25) is 0 Å². The van der Waals surface area contributed by atoms with Gasteiger partial charge in [-0.15, -0.1) is 0 Å². The van der Waals surface area contributed by atoms with Crippen molar-refractivity contribution in [1.82, 2.24) is 5.32 Å². The molecule has 1 aromatic carbocycles. The van der Waals surface area contributed by atoms with Gasteiger partial charge in [-0.05, 0) is 29.1 Å². The molecule has 7 heteroatoms. The van der Waals surface area contributed by atoms with Crippen LogP contribution in [0.4, 0.5) is 8.78 Å². The number of hydrogen-bond donors (Lipinski definition) is 1. The first-order valence-corrected chi connectivity index (χ1v) is 6.96. The largest absolute Gasteiger partial charge is 0.493 e. The van der Waals surface area contributed by atoms with Gasteiger partial charge in [-0.25, -0.2) is 0 Å². The number of rotatable bonds is 6. The third kappa shape index (κ3) is 4.16. The first kappa shape index (κ1) is 15.2. The molecule has 0 saturated heterocycles. The Labute approximate surface area is 124 Å². The summed E-state index contributed by atoms with van der Waals surface area (Å²) < 4.78 is 33.8. The van der Waals surface area contributed by atoms with Crippen LogP contribution in [-0.4, -0.2) is 19.6 Å². The van der Waals surface area contributed by atoms with Gasteiger partial charge in [0.15, 0.2) is 11.5 Å². The fraction of sp³-hybridized carbons (Fsp3) is 0.214. The summed E-state index contributed by atoms with van der Waals surface area (Å²) >= 11 is 1.43. The van der Waals surface area contributed by atoms with E-state index < -0.39 is 6.61 Å². The molecule has 1 N–H and O–H groups in total. The van der Waals surface area contributed by atoms with Gasteiger partial charge in [0.1, 0.15) is 0 Å². The molecule has 0 aliphatic rings. The highest BCUT2D eigenvalue weighted by Crippen LogP contribution is 2.29. The highest BCUT2D eigenvalue weighted by molar-refractivity contribution is 7.08. The maximum atomic E-state index is 12.2. The minimum Gasteiger partial charge on any atom is -0.493 e. The van der Waals surface area contributed by atoms with Gasteiger partial charge in [0.25, 0.3) is 5.91 Å². The zero-order chi connectivity index (χ0) is 15.2. The van der Waals surface area contributed by atoms with Gasteiger partial charge >= 0.3 is 6.61 Å². The predicted octanol–water partition coefficient (Wildman–Crippen LogP) is 3.29. The molecule has 112 valence electrons. The van der Waals surface area contributed by atoms with Crippen molar-refractivity contribution in [1.29, 1.82) is 0 Å². The molecule has 0 unspecified atom stereocenters. The maximum absolute atomic E-state index is 12.2. The van der Waals surface area contributed by atoms with Crippen LogP contribution in [0.3, 0.4) is 0 Å². The highest BCUT2D eigenvalue weighted by atomic mass is 32.1. The van der Waals surface area contributed by atoms with Crippen LogP contribution >= 0.6 is 11.3 Å². The molecule has 0 bridgehead atoms. The summed E-state index contributed by atoms with van der Waals surface area (Å²) in [6.45, 7) is -2.65. The molecule has 2 aromatic rings. The van der Waals surface area contributed by atoms with Crippen molar-refractivity contribution in [3.05, 3.63) is 46.2 Å². The normalized spacial score (nSPS) is 10.5. The number of methoxy groups -OCH3 is 1. The molecule has 0 fully saturated rings. The number of benzene rings is 1. The third-order valence-electron chi connectivity index (χ3n) is 2.68. The van der Waals surface area contributed by atoms with Gasteiger partial charge in [0, 0.05) is 17.5 Å². The van der Waals surface area contributed by atoms with Crippen molar-refractivity contribution >= 4 is 17.2 Å². The van der Waals surface area contributed by atoms with E-state index >= 15 is 0 Å². The Morgan fingerprint density at radius 3 is 2.76 bits per heavy atom. The molecular weight excluding hydrogens is 300 g/mol. The lowest BCUT2D eigenvalue weighted by Gasteiger charge is -2.11. The standard InChI is InChI=1S/C14H13F2NO3S/c1-19-12-6-9(2-3-11(12)20-14(15)16)7-17-13(18)10-4-5-21-8-10/h2-6,8,14H,7H2,1H3,(H,17,18). The second-order valence-corrected chi connectivity index (χ2v) is 4.84. The smallest absolute Gasteiger partial charge is 0.387 e. The van der Waals surface area contributed by atoms with Crippen molar-refractivity contribution in [2.24, 2.45) is 0 Å². The summed E-state index contributed by atoms with van der Waals surface area (Å²) in [5.74, 6) is -0.0406. The minimum absolute atomic E-state index is 0.0413. The van der Waals surface area contributed by atoms with Crippen molar-refractivity contribution in [3.8, 4) is 11.5 Å². The van der Waals surface area contributed by atoms with Crippen LogP contribution < -0.4 is 14.8 Å². The van der Waals surface area contributed by atoms with Crippen LogP contribution in [0.15, 0.2) is 35.0 Å². The van der Waals surface area contributed by atoms with Gasteiger partial charge in [-0.1, -0.05) is 6.07 Å². The van der Waals surface area contributed by atoms with Gasteiger partial charge < -0.3 is 14.8 Å². The van der Waals surface area contributed by atoms with Crippen LogP contribution in [-0.2, 0) is 6.54 Å². The van der Waals surface area contributed by atoms with Gasteiger partial charge in [-0.3, -0.25) is 4.79 Å². The summed E-state index contributed by atoms with van der Waals surface area (Å²) in [5.41, 5.74) is 1.31. The first-order valence-electron chi connectivity index (χ1n) is 6.02. The Hall–Kier alpha value is -2.15. The van der Waals surface area contributed by atoms with E-state index in [0.717, 1.165) is 5.56 Å². The Bertz CT molecular complexity index is 602. The second-order valence-electron chi connectivity index (χ2n) is 4.06. The molecule has 4 nitrogen and oxygen atoms in total. The van der Waals surface area contributed by atoms with E-state index in [2.05, 4.69) is 10.1 Å². The maximum Gasteiger partial charge on any atom is 0.387 e. The minimum atomic E-state index is -2.91. The van der Waals surface area contributed by atoms with Gasteiger partial charge in [0.2, 0.25) is 0 Å². The zero-order valence-electron chi connectivity index (χ0n) is 11.1. The zero-order valence-corrected chi connectivity index (χ0v) is 12.0. The molecule has 0 atom stereocenters. The summed E-state index contributed by atoms with van der Waals surface area (Å²) in [7, 11) is 1.36. The molecular formula is C14H13F2NO3S. The van der Waals surface area contributed by atoms with Crippen LogP contribution in [0.25, 0.3) is 0 Å². The average Bonchev–Trinajstić information content (AvgIpc) is 2.99. The molecule has 21 heavy (non-hydrogen) atoms. The van der Waals surface area contributed by atoms with E-state index in [1.807, 2.05) is 5.38 Å². The van der Waals surface area contributed by atoms with E-state index in [1.54, 1.807) is 23.6 Å². The predicted molar refractivity (Wildman–Crippen MR) is 75.1 cm³/mol. The Morgan fingerprint density at radius 2 is 2.14 bits per heavy atom. The van der Waals surface area contributed by atoms with Gasteiger partial charge in [-0.2, -0.15) is 20.1 Å². The number of ether oxygens (including phenoxy) is 2. The van der Waals surface area contributed by atoms with Crippen molar-refractivity contribution in [3.63, 3.8) is 0 Å². The molecule has 0 aliphatic carbocycles. The van der Waals surface area contributed by atoms with E-state index in [1.165, 1.54) is 24.5 Å². The lowest BCUT2D eigenvalue weighted by molar-refractivity contribution is -0.0512. The van der Waals surface area contributed by atoms with Crippen molar-refractivity contribution in [2.75, 3.05) is 7.11 Å². The Morgan fingerprint density at radius 1 is 1.33 bits per heavy atom. The molecule has 1 heterocycles. The molecule has 0 spiro atoms. The summed E-state index contributed by atoms with van der Waals surface area (Å²) in [5, 5.41) is 6.30. The summed E-state index contributed by atoms with van der Waals surface area (Å²) in [4.78, 5) is 11.8. The van der Waals surface area contributed by atoms with E-state index in [0.29, 0.717) is 5.56 Å². The van der Waals surface area contributed by atoms with Gasteiger partial charge in [0.05, 0.1) is 7.11 Å². The summed E-state index contributed by atoms with van der Waals surface area (Å²) in [6.07, 6.45) is 0. The molecule has 1 aromatic heterocycles. The van der Waals surface area contributed by atoms with E-state index in [4.69, 9.17) is 4.74 Å². The monoisotopic (exact) mass is 313 g/mol. The SMILES string of the molecule is COc1cc(CNC(=O)c2ccsc2)ccc1OC(F)F. The number of carbonyl (C=O) groups excluding carboxylic acids is 1. The number of halogens is 2. The number of nitrogens with one attached hydrogen (secondary N) is 1. The van der Waals surface area contributed by atoms with E-state index in [9.17, 15) is 13.6 Å². The van der Waals surface area contributed by atoms with E-state index in [-0.39, 0.29) is 24.0 Å². The molecule has 0 saturated carbocycles. The summed E-state index contributed by atoms with van der Waals surface area (Å²) in [6, 6.07) is 6.25. The van der Waals surface area contributed by atoms with Crippen LogP contribution in [0.1, 0.15) is 15.9 Å². The Balaban J connectivity index is 2.02. The third-order valence-corrected chi connectivity index (χ3v) is 3.36. The first-order chi connectivity index (χ1) is 10.1. The molecule has 0 radical (unpaired) electrons. The number of carbonyl (C=O) groups is 1. The molecule has 1 amide bonds. The number of alkyl halides is 2.